The minimum Gasteiger partial charge on any atom is -0.473 e. The zero-order valence-electron chi connectivity index (χ0n) is 10.8. The fourth-order valence-electron chi connectivity index (χ4n) is 1.80. The molecule has 0 saturated carbocycles. The summed E-state index contributed by atoms with van der Waals surface area (Å²) in [6, 6.07) is 0. The Morgan fingerprint density at radius 3 is 2.62 bits per heavy atom. The number of nitrogen functional groups attached to an aromatic ring is 1. The number of rotatable bonds is 6. The second-order valence-electron chi connectivity index (χ2n) is 4.26. The average Bonchev–Trinajstić information content (AvgIpc) is 2.47. The summed E-state index contributed by atoms with van der Waals surface area (Å²) in [4.78, 5) is 0. The normalized spacial score (nSPS) is 12.8. The van der Waals surface area contributed by atoms with Crippen LogP contribution in [0.1, 0.15) is 45.7 Å². The van der Waals surface area contributed by atoms with Crippen LogP contribution in [0.5, 0.6) is 5.88 Å². The number of hydrogen-bond acceptors (Lipinski definition) is 3. The maximum Gasteiger partial charge on any atom is 0.236 e. The van der Waals surface area contributed by atoms with Crippen LogP contribution in [0, 0.1) is 0 Å². The molecule has 0 aromatic carbocycles. The fourth-order valence-corrected chi connectivity index (χ4v) is 1.80. The molecule has 0 aliphatic carbocycles. The van der Waals surface area contributed by atoms with Crippen LogP contribution in [0.2, 0.25) is 0 Å². The van der Waals surface area contributed by atoms with Gasteiger partial charge in [0.05, 0.1) is 11.8 Å². The van der Waals surface area contributed by atoms with Crippen molar-refractivity contribution < 1.29 is 4.74 Å². The maximum atomic E-state index is 6.03. The van der Waals surface area contributed by atoms with E-state index in [0.29, 0.717) is 11.6 Å². The van der Waals surface area contributed by atoms with Crippen molar-refractivity contribution in [3.8, 4) is 5.88 Å². The maximum absolute atomic E-state index is 6.03. The predicted molar refractivity (Wildman–Crippen MR) is 66.6 cm³/mol. The van der Waals surface area contributed by atoms with Gasteiger partial charge in [0.1, 0.15) is 5.69 Å². The van der Waals surface area contributed by atoms with E-state index in [4.69, 9.17) is 10.5 Å². The van der Waals surface area contributed by atoms with Gasteiger partial charge >= 0.3 is 0 Å². The van der Waals surface area contributed by atoms with Crippen molar-refractivity contribution in [2.24, 2.45) is 7.05 Å². The predicted octanol–water partition coefficient (Wildman–Crippen LogP) is 2.52. The van der Waals surface area contributed by atoms with Crippen molar-refractivity contribution >= 4 is 5.69 Å². The second-order valence-corrected chi connectivity index (χ2v) is 4.26. The van der Waals surface area contributed by atoms with Crippen LogP contribution in [0.4, 0.5) is 5.69 Å². The highest BCUT2D eigenvalue weighted by Gasteiger charge is 2.15. The number of hydrogen-bond donors (Lipinski definition) is 1. The standard InChI is InChI=1S/C12H23N3O/c1-5-7-9(3)16-12-11(13)10(8-6-2)14-15(12)4/h9H,5-8,13H2,1-4H3. The summed E-state index contributed by atoms with van der Waals surface area (Å²) in [6.45, 7) is 6.33. The molecular weight excluding hydrogens is 202 g/mol. The van der Waals surface area contributed by atoms with Gasteiger partial charge in [-0.1, -0.05) is 26.7 Å². The van der Waals surface area contributed by atoms with E-state index in [2.05, 4.69) is 25.9 Å². The third-order valence-electron chi connectivity index (χ3n) is 2.60. The third kappa shape index (κ3) is 2.90. The molecule has 1 atom stereocenters. The van der Waals surface area contributed by atoms with Crippen molar-refractivity contribution in [1.29, 1.82) is 0 Å². The molecule has 2 N–H and O–H groups in total. The summed E-state index contributed by atoms with van der Waals surface area (Å²) >= 11 is 0. The van der Waals surface area contributed by atoms with Gasteiger partial charge in [0, 0.05) is 7.05 Å². The Balaban J connectivity index is 2.79. The molecule has 0 radical (unpaired) electrons. The summed E-state index contributed by atoms with van der Waals surface area (Å²) < 4.78 is 7.56. The van der Waals surface area contributed by atoms with Crippen LogP contribution < -0.4 is 10.5 Å². The van der Waals surface area contributed by atoms with Crippen molar-refractivity contribution in [2.75, 3.05) is 5.73 Å². The molecule has 1 aromatic rings. The van der Waals surface area contributed by atoms with E-state index in [1.54, 1.807) is 4.68 Å². The minimum absolute atomic E-state index is 0.192. The summed E-state index contributed by atoms with van der Waals surface area (Å²) in [6.07, 6.45) is 4.29. The number of aromatic nitrogens is 2. The first-order valence-electron chi connectivity index (χ1n) is 6.08. The van der Waals surface area contributed by atoms with Crippen LogP contribution in [-0.4, -0.2) is 15.9 Å². The van der Waals surface area contributed by atoms with E-state index in [9.17, 15) is 0 Å². The Hall–Kier alpha value is -1.19. The van der Waals surface area contributed by atoms with Crippen LogP contribution in [0.3, 0.4) is 0 Å². The zero-order chi connectivity index (χ0) is 12.1. The third-order valence-corrected chi connectivity index (χ3v) is 2.60. The van der Waals surface area contributed by atoms with E-state index in [0.717, 1.165) is 31.4 Å². The molecule has 1 rings (SSSR count). The van der Waals surface area contributed by atoms with Gasteiger partial charge in [-0.25, -0.2) is 4.68 Å². The van der Waals surface area contributed by atoms with Crippen LogP contribution in [-0.2, 0) is 13.5 Å². The minimum atomic E-state index is 0.192. The SMILES string of the molecule is CCCc1nn(C)c(OC(C)CCC)c1N. The Morgan fingerprint density at radius 2 is 2.06 bits per heavy atom. The molecule has 0 spiro atoms. The first kappa shape index (κ1) is 12.9. The Morgan fingerprint density at radius 1 is 1.38 bits per heavy atom. The molecule has 0 amide bonds. The van der Waals surface area contributed by atoms with Crippen LogP contribution in [0.15, 0.2) is 0 Å². The van der Waals surface area contributed by atoms with Crippen LogP contribution in [0.25, 0.3) is 0 Å². The Kier molecular flexibility index (Phi) is 4.65. The lowest BCUT2D eigenvalue weighted by molar-refractivity contribution is 0.193. The van der Waals surface area contributed by atoms with E-state index in [1.165, 1.54) is 0 Å². The van der Waals surface area contributed by atoms with Crippen molar-refractivity contribution in [3.63, 3.8) is 0 Å². The van der Waals surface area contributed by atoms with Gasteiger partial charge in [-0.2, -0.15) is 5.10 Å². The molecule has 0 fully saturated rings. The molecule has 4 nitrogen and oxygen atoms in total. The number of nitrogens with zero attached hydrogens (tertiary/aromatic N) is 2. The quantitative estimate of drug-likeness (QED) is 0.809. The number of anilines is 1. The van der Waals surface area contributed by atoms with Crippen LogP contribution >= 0.6 is 0 Å². The van der Waals surface area contributed by atoms with Gasteiger partial charge in [0.25, 0.3) is 0 Å². The van der Waals surface area contributed by atoms with Gasteiger partial charge in [0.2, 0.25) is 5.88 Å². The number of aryl methyl sites for hydroxylation is 2. The molecule has 0 aliphatic rings. The molecule has 0 bridgehead atoms. The average molecular weight is 225 g/mol. The highest BCUT2D eigenvalue weighted by molar-refractivity contribution is 5.53. The molecule has 1 heterocycles. The Labute approximate surface area is 97.8 Å². The van der Waals surface area contributed by atoms with E-state index < -0.39 is 0 Å². The van der Waals surface area contributed by atoms with E-state index in [1.807, 2.05) is 7.05 Å². The first-order valence-corrected chi connectivity index (χ1v) is 6.08. The lowest BCUT2D eigenvalue weighted by Gasteiger charge is -2.14. The molecule has 0 aliphatic heterocycles. The molecule has 0 saturated heterocycles. The lowest BCUT2D eigenvalue weighted by atomic mass is 10.2. The molecule has 16 heavy (non-hydrogen) atoms. The smallest absolute Gasteiger partial charge is 0.236 e. The molecule has 4 heteroatoms. The summed E-state index contributed by atoms with van der Waals surface area (Å²) in [5.74, 6) is 0.712. The van der Waals surface area contributed by atoms with Gasteiger partial charge in [0.15, 0.2) is 0 Å². The molecule has 1 unspecified atom stereocenters. The highest BCUT2D eigenvalue weighted by Crippen LogP contribution is 2.26. The largest absolute Gasteiger partial charge is 0.473 e. The zero-order valence-corrected chi connectivity index (χ0v) is 10.8. The van der Waals surface area contributed by atoms with Gasteiger partial charge < -0.3 is 10.5 Å². The number of nitrogens with two attached hydrogens (primary N) is 1. The highest BCUT2D eigenvalue weighted by atomic mass is 16.5. The first-order chi connectivity index (χ1) is 7.60. The van der Waals surface area contributed by atoms with Crippen molar-refractivity contribution in [1.82, 2.24) is 9.78 Å². The van der Waals surface area contributed by atoms with Gasteiger partial charge in [-0.3, -0.25) is 0 Å². The summed E-state index contributed by atoms with van der Waals surface area (Å²) in [5.41, 5.74) is 7.68. The lowest BCUT2D eigenvalue weighted by Crippen LogP contribution is -2.14. The molecule has 92 valence electrons. The number of ether oxygens (including phenoxy) is 1. The fraction of sp³-hybridized carbons (Fsp3) is 0.750. The molecular formula is C12H23N3O. The van der Waals surface area contributed by atoms with Crippen molar-refractivity contribution in [3.05, 3.63) is 5.69 Å². The van der Waals surface area contributed by atoms with E-state index in [-0.39, 0.29) is 6.10 Å². The Bertz CT molecular complexity index is 333. The van der Waals surface area contributed by atoms with Gasteiger partial charge in [-0.15, -0.1) is 0 Å². The van der Waals surface area contributed by atoms with Gasteiger partial charge in [-0.05, 0) is 19.8 Å². The van der Waals surface area contributed by atoms with E-state index >= 15 is 0 Å². The molecule has 1 aromatic heterocycles. The van der Waals surface area contributed by atoms with Crippen molar-refractivity contribution in [2.45, 2.75) is 52.6 Å². The summed E-state index contributed by atoms with van der Waals surface area (Å²) in [5, 5.41) is 4.38. The topological polar surface area (TPSA) is 53.1 Å². The second kappa shape index (κ2) is 5.77. The summed E-state index contributed by atoms with van der Waals surface area (Å²) in [7, 11) is 1.88. The monoisotopic (exact) mass is 225 g/mol.